The molecule has 0 saturated heterocycles. The van der Waals surface area contributed by atoms with Gasteiger partial charge in [-0.1, -0.05) is 48.5 Å². The van der Waals surface area contributed by atoms with Gasteiger partial charge in [0.2, 0.25) is 0 Å². The third-order valence-corrected chi connectivity index (χ3v) is 7.89. The van der Waals surface area contributed by atoms with Crippen molar-refractivity contribution in [3.63, 3.8) is 0 Å². The second-order valence-electron chi connectivity index (χ2n) is 4.72. The number of alkyl halides is 6. The second kappa shape index (κ2) is 6.03. The Morgan fingerprint density at radius 1 is 0.565 bits per heavy atom. The van der Waals surface area contributed by atoms with Gasteiger partial charge in [-0.2, -0.15) is 26.3 Å². The Labute approximate surface area is 138 Å². The van der Waals surface area contributed by atoms with Crippen LogP contribution in [-0.4, -0.2) is 6.69 Å². The Morgan fingerprint density at radius 3 is 1.04 bits per heavy atom. The lowest BCUT2D eigenvalue weighted by Gasteiger charge is -2.19. The Kier molecular flexibility index (Phi) is 4.76. The van der Waals surface area contributed by atoms with Crippen LogP contribution < -0.4 is 10.4 Å². The normalized spacial score (nSPS) is 13.2. The van der Waals surface area contributed by atoms with E-state index in [1.165, 1.54) is 0 Å². The third kappa shape index (κ3) is 4.02. The minimum absolute atomic E-state index is 0.258. The molecule has 0 heterocycles. The predicted molar refractivity (Wildman–Crippen MR) is 79.6 cm³/mol. The quantitative estimate of drug-likeness (QED) is 0.395. The summed E-state index contributed by atoms with van der Waals surface area (Å²) in [5.74, 6) is 0. The van der Waals surface area contributed by atoms with Gasteiger partial charge in [0, 0.05) is 0 Å². The van der Waals surface area contributed by atoms with E-state index in [0.29, 0.717) is 0 Å². The van der Waals surface area contributed by atoms with Gasteiger partial charge >= 0.3 is 19.0 Å². The summed E-state index contributed by atoms with van der Waals surface area (Å²) in [5, 5.41) is 0.516. The van der Waals surface area contributed by atoms with Gasteiger partial charge in [0.15, 0.2) is 0 Å². The van der Waals surface area contributed by atoms with Crippen molar-refractivity contribution in [3.8, 4) is 0 Å². The van der Waals surface area contributed by atoms with Gasteiger partial charge in [-0.05, 0) is 10.4 Å². The molecule has 0 fully saturated rings. The molecular weight excluding hydrogens is 381 g/mol. The molecule has 9 heteroatoms. The van der Waals surface area contributed by atoms with E-state index in [1.54, 1.807) is 0 Å². The standard InChI is InChI=1S/C14H8Cl2F6Si/c15-23(16,11-5-1-9(2-6-11)13(17,18)19)12-7-3-10(4-8-12)14(20,21)22/h1-8H. The summed E-state index contributed by atoms with van der Waals surface area (Å²) in [6.45, 7) is -3.41. The van der Waals surface area contributed by atoms with Crippen molar-refractivity contribution in [2.45, 2.75) is 12.4 Å². The maximum absolute atomic E-state index is 12.5. The summed E-state index contributed by atoms with van der Waals surface area (Å²) < 4.78 is 75.2. The smallest absolute Gasteiger partial charge is 0.166 e. The zero-order chi connectivity index (χ0) is 17.5. The van der Waals surface area contributed by atoms with Gasteiger partial charge < -0.3 is 0 Å². The van der Waals surface area contributed by atoms with E-state index < -0.39 is 30.2 Å². The molecule has 0 aliphatic carbocycles. The molecule has 0 nitrogen and oxygen atoms in total. The minimum Gasteiger partial charge on any atom is -0.166 e. The van der Waals surface area contributed by atoms with E-state index in [-0.39, 0.29) is 10.4 Å². The van der Waals surface area contributed by atoms with E-state index in [2.05, 4.69) is 0 Å². The number of hydrogen-bond acceptors (Lipinski definition) is 0. The minimum atomic E-state index is -4.49. The highest BCUT2D eigenvalue weighted by atomic mass is 35.7. The van der Waals surface area contributed by atoms with Crippen LogP contribution in [0.1, 0.15) is 11.1 Å². The Balaban J connectivity index is 2.34. The molecule has 2 aromatic rings. The van der Waals surface area contributed by atoms with Crippen molar-refractivity contribution in [2.75, 3.05) is 0 Å². The lowest BCUT2D eigenvalue weighted by atomic mass is 10.2. The molecule has 0 atom stereocenters. The van der Waals surface area contributed by atoms with E-state index in [1.807, 2.05) is 0 Å². The van der Waals surface area contributed by atoms with Gasteiger partial charge in [0.25, 0.3) is 0 Å². The fourth-order valence-electron chi connectivity index (χ4n) is 1.90. The molecule has 0 aromatic heterocycles. The topological polar surface area (TPSA) is 0 Å². The largest absolute Gasteiger partial charge is 0.416 e. The molecule has 0 aliphatic rings. The van der Waals surface area contributed by atoms with Crippen molar-refractivity contribution < 1.29 is 26.3 Å². The molecule has 0 amide bonds. The summed E-state index contributed by atoms with van der Waals surface area (Å²) >= 11 is 12.5. The van der Waals surface area contributed by atoms with E-state index >= 15 is 0 Å². The average Bonchev–Trinajstić information content (AvgIpc) is 2.46. The summed E-state index contributed by atoms with van der Waals surface area (Å²) in [6.07, 6.45) is -8.98. The summed E-state index contributed by atoms with van der Waals surface area (Å²) in [4.78, 5) is 0. The lowest BCUT2D eigenvalue weighted by Crippen LogP contribution is -2.48. The summed E-state index contributed by atoms with van der Waals surface area (Å²) in [6, 6.07) is 7.94. The van der Waals surface area contributed by atoms with Crippen molar-refractivity contribution >= 4 is 39.2 Å². The van der Waals surface area contributed by atoms with Crippen LogP contribution in [-0.2, 0) is 12.4 Å². The van der Waals surface area contributed by atoms with Gasteiger partial charge in [-0.15, -0.1) is 22.2 Å². The van der Waals surface area contributed by atoms with Gasteiger partial charge in [-0.3, -0.25) is 0 Å². The highest BCUT2D eigenvalue weighted by Crippen LogP contribution is 2.30. The number of halogens is 8. The van der Waals surface area contributed by atoms with Crippen molar-refractivity contribution in [3.05, 3.63) is 59.7 Å². The van der Waals surface area contributed by atoms with Crippen molar-refractivity contribution in [2.24, 2.45) is 0 Å². The van der Waals surface area contributed by atoms with Gasteiger partial charge in [-0.25, -0.2) is 0 Å². The molecule has 124 valence electrons. The monoisotopic (exact) mass is 388 g/mol. The van der Waals surface area contributed by atoms with Crippen molar-refractivity contribution in [1.29, 1.82) is 0 Å². The predicted octanol–water partition coefficient (Wildman–Crippen LogP) is 4.76. The first-order valence-electron chi connectivity index (χ1n) is 6.15. The number of hydrogen-bond donors (Lipinski definition) is 0. The Morgan fingerprint density at radius 2 is 0.826 bits per heavy atom. The third-order valence-electron chi connectivity index (χ3n) is 3.15. The molecule has 23 heavy (non-hydrogen) atoms. The van der Waals surface area contributed by atoms with Crippen LogP contribution in [0.3, 0.4) is 0 Å². The first kappa shape index (κ1) is 18.2. The Bertz CT molecular complexity index is 615. The van der Waals surface area contributed by atoms with Crippen LogP contribution in [0.4, 0.5) is 26.3 Å². The number of rotatable bonds is 2. The maximum atomic E-state index is 12.5. The first-order valence-corrected chi connectivity index (χ1v) is 10.2. The van der Waals surface area contributed by atoms with Crippen LogP contribution in [0.5, 0.6) is 0 Å². The second-order valence-corrected chi connectivity index (χ2v) is 11.0. The van der Waals surface area contributed by atoms with Crippen LogP contribution in [0.15, 0.2) is 48.5 Å². The van der Waals surface area contributed by atoms with Crippen LogP contribution in [0, 0.1) is 0 Å². The molecule has 0 saturated carbocycles. The highest BCUT2D eigenvalue weighted by Gasteiger charge is 2.37. The average molecular weight is 389 g/mol. The van der Waals surface area contributed by atoms with Crippen LogP contribution in [0.25, 0.3) is 0 Å². The maximum Gasteiger partial charge on any atom is 0.416 e. The first-order chi connectivity index (χ1) is 10.4. The van der Waals surface area contributed by atoms with Gasteiger partial charge in [0.1, 0.15) is 0 Å². The fraction of sp³-hybridized carbons (Fsp3) is 0.143. The molecule has 2 rings (SSSR count). The van der Waals surface area contributed by atoms with Gasteiger partial charge in [0.05, 0.1) is 11.1 Å². The molecular formula is C14H8Cl2F6Si. The summed E-state index contributed by atoms with van der Waals surface area (Å²) in [7, 11) is 0. The molecule has 0 N–H and O–H groups in total. The molecule has 0 spiro atoms. The van der Waals surface area contributed by atoms with E-state index in [0.717, 1.165) is 48.5 Å². The highest BCUT2D eigenvalue weighted by molar-refractivity contribution is 7.56. The number of benzene rings is 2. The zero-order valence-electron chi connectivity index (χ0n) is 11.1. The molecule has 0 bridgehead atoms. The van der Waals surface area contributed by atoms with Crippen LogP contribution >= 0.6 is 22.2 Å². The SMILES string of the molecule is FC(F)(F)c1ccc([Si](Cl)(Cl)c2ccc(C(F)(F)F)cc2)cc1. The molecule has 0 aliphatic heterocycles. The lowest BCUT2D eigenvalue weighted by molar-refractivity contribution is -0.138. The Hall–Kier alpha value is -1.18. The fourth-order valence-corrected chi connectivity index (χ4v) is 4.92. The molecule has 0 radical (unpaired) electrons. The molecule has 2 aromatic carbocycles. The van der Waals surface area contributed by atoms with Crippen LogP contribution in [0.2, 0.25) is 0 Å². The van der Waals surface area contributed by atoms with Crippen molar-refractivity contribution in [1.82, 2.24) is 0 Å². The van der Waals surface area contributed by atoms with E-state index in [9.17, 15) is 26.3 Å². The van der Waals surface area contributed by atoms with E-state index in [4.69, 9.17) is 22.2 Å². The summed E-state index contributed by atoms with van der Waals surface area (Å²) in [5.41, 5.74) is -1.71. The molecule has 0 unspecified atom stereocenters. The zero-order valence-corrected chi connectivity index (χ0v) is 13.7.